The fourth-order valence-electron chi connectivity index (χ4n) is 3.54. The zero-order valence-electron chi connectivity index (χ0n) is 14.7. The molecular weight excluding hydrogens is 350 g/mol. The Morgan fingerprint density at radius 2 is 1.74 bits per heavy atom. The molecule has 1 saturated heterocycles. The minimum absolute atomic E-state index is 0.170. The summed E-state index contributed by atoms with van der Waals surface area (Å²) in [6, 6.07) is 6.94. The second-order valence-electron chi connectivity index (χ2n) is 6.64. The average molecular weight is 371 g/mol. The van der Waals surface area contributed by atoms with E-state index in [9.17, 15) is 24.6 Å². The molecule has 0 bridgehead atoms. The van der Waals surface area contributed by atoms with Gasteiger partial charge in [-0.15, -0.1) is 0 Å². The van der Waals surface area contributed by atoms with E-state index in [1.165, 1.54) is 6.42 Å². The molecule has 0 spiro atoms. The van der Waals surface area contributed by atoms with Crippen molar-refractivity contribution in [2.45, 2.75) is 25.8 Å². The molecule has 1 aliphatic rings. The number of likely N-dealkylation sites (tertiary alicyclic amines) is 1. The lowest BCUT2D eigenvalue weighted by Gasteiger charge is -2.26. The number of anilines is 1. The number of rotatable bonds is 5. The highest BCUT2D eigenvalue weighted by molar-refractivity contribution is 6.07. The Morgan fingerprint density at radius 1 is 1.07 bits per heavy atom. The van der Waals surface area contributed by atoms with Crippen LogP contribution in [0.25, 0.3) is 11.1 Å². The van der Waals surface area contributed by atoms with Crippen LogP contribution < -0.4 is 11.3 Å². The number of nitrogens with one attached hydrogen (secondary N) is 1. The van der Waals surface area contributed by atoms with Crippen molar-refractivity contribution in [3.8, 4) is 11.1 Å². The molecule has 2 heterocycles. The number of hydrogen-bond donors (Lipinski definition) is 4. The van der Waals surface area contributed by atoms with Crippen LogP contribution in [-0.2, 0) is 6.54 Å². The van der Waals surface area contributed by atoms with Gasteiger partial charge in [0, 0.05) is 12.1 Å². The van der Waals surface area contributed by atoms with Gasteiger partial charge in [-0.2, -0.15) is 0 Å². The lowest BCUT2D eigenvalue weighted by atomic mass is 9.94. The number of hydrogen-bond acceptors (Lipinski definition) is 5. The number of nitrogens with zero attached hydrogens (tertiary/aromatic N) is 1. The number of benzene rings is 1. The Bertz CT molecular complexity index is 945. The van der Waals surface area contributed by atoms with Gasteiger partial charge in [0.2, 0.25) is 0 Å². The highest BCUT2D eigenvalue weighted by atomic mass is 16.4. The molecule has 1 fully saturated rings. The number of piperidine rings is 1. The first-order chi connectivity index (χ1) is 12.9. The van der Waals surface area contributed by atoms with Gasteiger partial charge < -0.3 is 20.9 Å². The van der Waals surface area contributed by atoms with Gasteiger partial charge in [-0.3, -0.25) is 9.69 Å². The number of nitrogen functional groups attached to an aromatic ring is 1. The summed E-state index contributed by atoms with van der Waals surface area (Å²) in [7, 11) is 0. The molecule has 1 aromatic heterocycles. The zero-order chi connectivity index (χ0) is 19.6. The maximum Gasteiger partial charge on any atom is 0.342 e. The highest BCUT2D eigenvalue weighted by Gasteiger charge is 2.26. The number of aromatic amines is 1. The van der Waals surface area contributed by atoms with Crippen LogP contribution in [0, 0.1) is 0 Å². The summed E-state index contributed by atoms with van der Waals surface area (Å²) >= 11 is 0. The van der Waals surface area contributed by atoms with Crippen molar-refractivity contribution in [3.05, 3.63) is 51.3 Å². The quantitative estimate of drug-likeness (QED) is 0.631. The number of carboxylic acid groups (broad SMARTS) is 2. The number of carboxylic acids is 2. The number of carbonyl (C=O) groups is 2. The van der Waals surface area contributed by atoms with Crippen LogP contribution in [-0.4, -0.2) is 45.1 Å². The summed E-state index contributed by atoms with van der Waals surface area (Å²) in [4.78, 5) is 39.9. The molecule has 3 rings (SSSR count). The van der Waals surface area contributed by atoms with Gasteiger partial charge in [-0.25, -0.2) is 9.59 Å². The summed E-state index contributed by atoms with van der Waals surface area (Å²) in [5, 5.41) is 19.0. The second-order valence-corrected chi connectivity index (χ2v) is 6.64. The largest absolute Gasteiger partial charge is 0.478 e. The lowest BCUT2D eigenvalue weighted by Crippen LogP contribution is -2.29. The van der Waals surface area contributed by atoms with E-state index in [0.717, 1.165) is 31.5 Å². The maximum atomic E-state index is 12.1. The predicted octanol–water partition coefficient (Wildman–Crippen LogP) is 2.01. The molecule has 0 saturated carbocycles. The maximum absolute atomic E-state index is 12.1. The topological polar surface area (TPSA) is 137 Å². The number of aromatic carboxylic acids is 2. The minimum Gasteiger partial charge on any atom is -0.478 e. The van der Waals surface area contributed by atoms with Crippen LogP contribution in [0.2, 0.25) is 0 Å². The molecule has 8 heteroatoms. The van der Waals surface area contributed by atoms with E-state index in [1.54, 1.807) is 18.2 Å². The molecule has 0 atom stereocenters. The van der Waals surface area contributed by atoms with Gasteiger partial charge >= 0.3 is 11.9 Å². The lowest BCUT2D eigenvalue weighted by molar-refractivity contribution is 0.0695. The molecule has 0 amide bonds. The van der Waals surface area contributed by atoms with E-state index < -0.39 is 28.6 Å². The van der Waals surface area contributed by atoms with Crippen LogP contribution in [0.3, 0.4) is 0 Å². The fourth-order valence-corrected chi connectivity index (χ4v) is 3.54. The number of nitrogens with two attached hydrogens (primary N) is 1. The first-order valence-electron chi connectivity index (χ1n) is 8.72. The minimum atomic E-state index is -1.50. The Balaban J connectivity index is 2.12. The Kier molecular flexibility index (Phi) is 5.27. The van der Waals surface area contributed by atoms with E-state index in [4.69, 9.17) is 5.73 Å². The van der Waals surface area contributed by atoms with Crippen LogP contribution in [0.5, 0.6) is 0 Å². The van der Waals surface area contributed by atoms with Gasteiger partial charge in [0.25, 0.3) is 5.56 Å². The number of aromatic nitrogens is 1. The molecule has 0 radical (unpaired) electrons. The molecule has 2 aromatic rings. The Hall–Kier alpha value is -3.13. The van der Waals surface area contributed by atoms with Crippen LogP contribution >= 0.6 is 0 Å². The van der Waals surface area contributed by atoms with Crippen molar-refractivity contribution in [2.24, 2.45) is 0 Å². The van der Waals surface area contributed by atoms with Crippen molar-refractivity contribution in [1.82, 2.24) is 9.88 Å². The third-order valence-electron chi connectivity index (χ3n) is 4.74. The highest BCUT2D eigenvalue weighted by Crippen LogP contribution is 2.30. The summed E-state index contributed by atoms with van der Waals surface area (Å²) in [5.74, 6) is -3.27. The van der Waals surface area contributed by atoms with Crippen LogP contribution in [0.1, 0.15) is 45.5 Å². The summed E-state index contributed by atoms with van der Waals surface area (Å²) in [5.41, 5.74) is 4.80. The van der Waals surface area contributed by atoms with Gasteiger partial charge in [-0.1, -0.05) is 24.6 Å². The van der Waals surface area contributed by atoms with Gasteiger partial charge in [0.15, 0.2) is 0 Å². The zero-order valence-corrected chi connectivity index (χ0v) is 14.7. The first-order valence-corrected chi connectivity index (χ1v) is 8.72. The molecule has 0 unspecified atom stereocenters. The smallest absolute Gasteiger partial charge is 0.342 e. The normalized spacial score (nSPS) is 14.8. The molecule has 8 nitrogen and oxygen atoms in total. The third kappa shape index (κ3) is 3.85. The number of H-pyrrole nitrogens is 1. The van der Waals surface area contributed by atoms with E-state index in [-0.39, 0.29) is 11.4 Å². The van der Waals surface area contributed by atoms with Crippen molar-refractivity contribution in [3.63, 3.8) is 0 Å². The van der Waals surface area contributed by atoms with Crippen LogP contribution in [0.15, 0.2) is 29.1 Å². The Labute approximate surface area is 155 Å². The van der Waals surface area contributed by atoms with Gasteiger partial charge in [-0.05, 0) is 43.1 Å². The summed E-state index contributed by atoms with van der Waals surface area (Å²) in [6.45, 7) is 2.66. The predicted molar refractivity (Wildman–Crippen MR) is 100.0 cm³/mol. The van der Waals surface area contributed by atoms with E-state index in [1.807, 2.05) is 6.07 Å². The molecule has 5 N–H and O–H groups in total. The fraction of sp³-hybridized carbons (Fsp3) is 0.316. The standard InChI is InChI=1S/C19H21N3O5/c20-16-14(18(24)25)13(15(19(26)27)17(23)21-16)12-6-4-5-11(9-12)10-22-7-2-1-3-8-22/h4-6,9H,1-3,7-8,10H2,(H,24,25)(H,26,27)(H3,20,21,23). The molecule has 27 heavy (non-hydrogen) atoms. The summed E-state index contributed by atoms with van der Waals surface area (Å²) < 4.78 is 0. The average Bonchev–Trinajstić information content (AvgIpc) is 2.61. The number of pyridine rings is 1. The summed E-state index contributed by atoms with van der Waals surface area (Å²) in [6.07, 6.45) is 3.49. The van der Waals surface area contributed by atoms with Crippen molar-refractivity contribution in [1.29, 1.82) is 0 Å². The van der Waals surface area contributed by atoms with E-state index in [2.05, 4.69) is 9.88 Å². The Morgan fingerprint density at radius 3 is 2.37 bits per heavy atom. The monoisotopic (exact) mass is 371 g/mol. The van der Waals surface area contributed by atoms with E-state index >= 15 is 0 Å². The van der Waals surface area contributed by atoms with Crippen molar-refractivity contribution < 1.29 is 19.8 Å². The van der Waals surface area contributed by atoms with Crippen LogP contribution in [0.4, 0.5) is 5.82 Å². The molecule has 142 valence electrons. The van der Waals surface area contributed by atoms with E-state index in [0.29, 0.717) is 12.1 Å². The SMILES string of the molecule is Nc1[nH]c(=O)c(C(=O)O)c(-c2cccc(CN3CCCCC3)c2)c1C(=O)O. The molecule has 1 aromatic carbocycles. The molecular formula is C19H21N3O5. The first kappa shape index (κ1) is 18.7. The molecule has 1 aliphatic heterocycles. The van der Waals surface area contributed by atoms with Crippen molar-refractivity contribution >= 4 is 17.8 Å². The second kappa shape index (κ2) is 7.63. The molecule has 0 aliphatic carbocycles. The third-order valence-corrected chi connectivity index (χ3v) is 4.74. The van der Waals surface area contributed by atoms with Gasteiger partial charge in [0.1, 0.15) is 16.9 Å². The van der Waals surface area contributed by atoms with Crippen molar-refractivity contribution in [2.75, 3.05) is 18.8 Å². The van der Waals surface area contributed by atoms with Gasteiger partial charge in [0.05, 0.1) is 0 Å².